The second-order valence-corrected chi connectivity index (χ2v) is 8.16. The summed E-state index contributed by atoms with van der Waals surface area (Å²) in [4.78, 5) is 0. The highest BCUT2D eigenvalue weighted by molar-refractivity contribution is 5.60. The molecule has 5 rings (SSSR count). The van der Waals surface area contributed by atoms with Crippen molar-refractivity contribution < 1.29 is 4.74 Å². The first-order chi connectivity index (χ1) is 15.9. The van der Waals surface area contributed by atoms with Gasteiger partial charge in [-0.1, -0.05) is 72.8 Å². The molecule has 0 saturated heterocycles. The molecule has 0 aliphatic carbocycles. The van der Waals surface area contributed by atoms with E-state index in [1.165, 1.54) is 16.7 Å². The van der Waals surface area contributed by atoms with E-state index in [9.17, 15) is 0 Å². The van der Waals surface area contributed by atoms with Crippen molar-refractivity contribution in [1.82, 2.24) is 9.78 Å². The number of rotatable bonds is 6. The van der Waals surface area contributed by atoms with E-state index in [0.717, 1.165) is 48.8 Å². The fourth-order valence-electron chi connectivity index (χ4n) is 4.64. The van der Waals surface area contributed by atoms with Crippen LogP contribution >= 0.6 is 0 Å². The van der Waals surface area contributed by atoms with Gasteiger partial charge in [0.1, 0.15) is 17.3 Å². The zero-order valence-corrected chi connectivity index (χ0v) is 18.5. The lowest BCUT2D eigenvalue weighted by atomic mass is 9.86. The van der Waals surface area contributed by atoms with Gasteiger partial charge in [-0.3, -0.25) is 0 Å². The lowest BCUT2D eigenvalue weighted by Gasteiger charge is -2.18. The number of hydrogen-bond acceptors (Lipinski definition) is 3. The third-order valence-electron chi connectivity index (χ3n) is 6.09. The Kier molecular flexibility index (Phi) is 5.93. The largest absolute Gasteiger partial charge is 0.492 e. The number of fused-ring (bicyclic) bond motifs is 1. The molecule has 0 bridgehead atoms. The van der Waals surface area contributed by atoms with Gasteiger partial charge in [0, 0.05) is 12.1 Å². The monoisotopic (exact) mass is 423 g/mol. The van der Waals surface area contributed by atoms with Crippen LogP contribution in [0.5, 0.6) is 5.75 Å². The van der Waals surface area contributed by atoms with Gasteiger partial charge in [0.2, 0.25) is 0 Å². The third-order valence-corrected chi connectivity index (χ3v) is 6.09. The molecule has 32 heavy (non-hydrogen) atoms. The lowest BCUT2D eigenvalue weighted by Crippen LogP contribution is -2.09. The zero-order valence-electron chi connectivity index (χ0n) is 18.5. The van der Waals surface area contributed by atoms with Crippen molar-refractivity contribution >= 4 is 5.82 Å². The molecule has 1 N–H and O–H groups in total. The van der Waals surface area contributed by atoms with Gasteiger partial charge in [0.25, 0.3) is 0 Å². The van der Waals surface area contributed by atoms with Gasteiger partial charge in [-0.15, -0.1) is 0 Å². The molecule has 0 fully saturated rings. The molecule has 162 valence electrons. The van der Waals surface area contributed by atoms with Crippen LogP contribution in [-0.2, 0) is 6.42 Å². The molecule has 0 radical (unpaired) electrons. The van der Waals surface area contributed by atoms with Crippen LogP contribution in [0, 0.1) is 0 Å². The molecular weight excluding hydrogens is 394 g/mol. The van der Waals surface area contributed by atoms with E-state index in [1.807, 2.05) is 25.1 Å². The maximum Gasteiger partial charge on any atom is 0.145 e. The Balaban J connectivity index is 1.74. The Morgan fingerprint density at radius 2 is 1.53 bits per heavy atom. The average molecular weight is 424 g/mol. The van der Waals surface area contributed by atoms with E-state index in [2.05, 4.69) is 76.7 Å². The van der Waals surface area contributed by atoms with Crippen molar-refractivity contribution in [1.29, 1.82) is 0 Å². The van der Waals surface area contributed by atoms with Crippen molar-refractivity contribution in [3.63, 3.8) is 0 Å². The summed E-state index contributed by atoms with van der Waals surface area (Å²) in [7, 11) is 0. The fraction of sp³-hybridized carbons (Fsp3) is 0.250. The van der Waals surface area contributed by atoms with Crippen LogP contribution in [0.1, 0.15) is 48.1 Å². The summed E-state index contributed by atoms with van der Waals surface area (Å²) in [5.74, 6) is 2.03. The summed E-state index contributed by atoms with van der Waals surface area (Å²) < 4.78 is 8.03. The van der Waals surface area contributed by atoms with Crippen LogP contribution in [0.2, 0.25) is 0 Å². The molecule has 1 aromatic heterocycles. The number of ether oxygens (including phenoxy) is 1. The van der Waals surface area contributed by atoms with Crippen LogP contribution in [0.25, 0.3) is 5.69 Å². The summed E-state index contributed by atoms with van der Waals surface area (Å²) in [6.07, 6.45) is 3.33. The molecular formula is C28H29N3O. The van der Waals surface area contributed by atoms with E-state index in [1.54, 1.807) is 0 Å². The van der Waals surface area contributed by atoms with Crippen molar-refractivity contribution in [3.8, 4) is 11.4 Å². The minimum Gasteiger partial charge on any atom is -0.492 e. The number of aromatic nitrogens is 2. The number of hydrogen-bond donors (Lipinski definition) is 1. The Bertz CT molecular complexity index is 1130. The summed E-state index contributed by atoms with van der Waals surface area (Å²) in [5, 5.41) is 8.96. The standard InChI is InChI=1S/C28H29N3O/c1-2-32-25-19-10-9-18-24(25)31-28-23(17-11-12-20-29-28)27(30-31)26(21-13-5-3-6-14-21)22-15-7-4-8-16-22/h3-10,13-16,18-19,26,29H,2,11-12,17,20H2,1H3. The van der Waals surface area contributed by atoms with Crippen molar-refractivity contribution in [2.45, 2.75) is 32.1 Å². The maximum atomic E-state index is 5.96. The molecule has 1 aliphatic rings. The Morgan fingerprint density at radius 3 is 2.22 bits per heavy atom. The zero-order chi connectivity index (χ0) is 21.8. The average Bonchev–Trinajstić information content (AvgIpc) is 3.02. The second-order valence-electron chi connectivity index (χ2n) is 8.16. The van der Waals surface area contributed by atoms with Crippen LogP contribution in [0.4, 0.5) is 5.82 Å². The van der Waals surface area contributed by atoms with Gasteiger partial charge in [-0.25, -0.2) is 4.68 Å². The molecule has 2 heterocycles. The molecule has 1 aliphatic heterocycles. The smallest absolute Gasteiger partial charge is 0.145 e. The van der Waals surface area contributed by atoms with E-state index < -0.39 is 0 Å². The quantitative estimate of drug-likeness (QED) is 0.401. The first-order valence-corrected chi connectivity index (χ1v) is 11.5. The van der Waals surface area contributed by atoms with Crippen LogP contribution in [0.15, 0.2) is 84.9 Å². The Hall–Kier alpha value is -3.53. The first-order valence-electron chi connectivity index (χ1n) is 11.5. The van der Waals surface area contributed by atoms with E-state index in [0.29, 0.717) is 6.61 Å². The first kappa shape index (κ1) is 20.4. The Labute approximate surface area is 189 Å². The van der Waals surface area contributed by atoms with Crippen LogP contribution in [0.3, 0.4) is 0 Å². The molecule has 4 aromatic rings. The van der Waals surface area contributed by atoms with Gasteiger partial charge in [0.15, 0.2) is 0 Å². The van der Waals surface area contributed by atoms with E-state index >= 15 is 0 Å². The van der Waals surface area contributed by atoms with Crippen LogP contribution < -0.4 is 10.1 Å². The molecule has 3 aromatic carbocycles. The molecule has 4 nitrogen and oxygen atoms in total. The number of nitrogens with zero attached hydrogens (tertiary/aromatic N) is 2. The number of benzene rings is 3. The second kappa shape index (κ2) is 9.31. The SMILES string of the molecule is CCOc1ccccc1-n1nc(C(c2ccccc2)c2ccccc2)c2c1NCCCC2. The van der Waals surface area contributed by atoms with Crippen molar-refractivity contribution in [2.75, 3.05) is 18.5 Å². The van der Waals surface area contributed by atoms with Crippen LogP contribution in [-0.4, -0.2) is 22.9 Å². The highest BCUT2D eigenvalue weighted by atomic mass is 16.5. The lowest BCUT2D eigenvalue weighted by molar-refractivity contribution is 0.338. The molecule has 0 saturated carbocycles. The molecule has 0 spiro atoms. The molecule has 0 unspecified atom stereocenters. The van der Waals surface area contributed by atoms with Crippen molar-refractivity contribution in [3.05, 3.63) is 107 Å². The predicted octanol–water partition coefficient (Wildman–Crippen LogP) is 6.20. The summed E-state index contributed by atoms with van der Waals surface area (Å²) in [5.41, 5.74) is 5.93. The molecule has 0 atom stereocenters. The topological polar surface area (TPSA) is 39.1 Å². The third kappa shape index (κ3) is 3.89. The highest BCUT2D eigenvalue weighted by Crippen LogP contribution is 2.39. The van der Waals surface area contributed by atoms with E-state index in [-0.39, 0.29) is 5.92 Å². The number of anilines is 1. The molecule has 4 heteroatoms. The minimum absolute atomic E-state index is 0.0755. The predicted molar refractivity (Wildman–Crippen MR) is 130 cm³/mol. The van der Waals surface area contributed by atoms with Gasteiger partial charge < -0.3 is 10.1 Å². The summed E-state index contributed by atoms with van der Waals surface area (Å²) >= 11 is 0. The summed E-state index contributed by atoms with van der Waals surface area (Å²) in [6.45, 7) is 3.60. The normalized spacial score (nSPS) is 13.3. The highest BCUT2D eigenvalue weighted by Gasteiger charge is 2.29. The number of para-hydroxylation sites is 2. The van der Waals surface area contributed by atoms with Gasteiger partial charge >= 0.3 is 0 Å². The number of nitrogens with one attached hydrogen (secondary N) is 1. The fourth-order valence-corrected chi connectivity index (χ4v) is 4.64. The van der Waals surface area contributed by atoms with Gasteiger partial charge in [0.05, 0.1) is 18.2 Å². The summed E-state index contributed by atoms with van der Waals surface area (Å²) in [6, 6.07) is 29.6. The van der Waals surface area contributed by atoms with Crippen molar-refractivity contribution in [2.24, 2.45) is 0 Å². The maximum absolute atomic E-state index is 5.96. The van der Waals surface area contributed by atoms with Gasteiger partial charge in [-0.2, -0.15) is 5.10 Å². The minimum atomic E-state index is 0.0755. The van der Waals surface area contributed by atoms with E-state index in [4.69, 9.17) is 9.84 Å². The molecule has 0 amide bonds. The van der Waals surface area contributed by atoms with Gasteiger partial charge in [-0.05, 0) is 49.4 Å². The Morgan fingerprint density at radius 1 is 0.875 bits per heavy atom.